The van der Waals surface area contributed by atoms with Gasteiger partial charge in [-0.25, -0.2) is 18.2 Å². The molecule has 0 aliphatic rings. The average Bonchev–Trinajstić information content (AvgIpc) is 3.00. The number of sulfone groups is 1. The molecule has 1 aromatic carbocycles. The van der Waals surface area contributed by atoms with Crippen molar-refractivity contribution in [2.45, 2.75) is 32.6 Å². The number of urea groups is 1. The number of nitrogens with zero attached hydrogens (tertiary/aromatic N) is 1. The van der Waals surface area contributed by atoms with Crippen LogP contribution in [0.3, 0.4) is 0 Å². The Labute approximate surface area is 173 Å². The van der Waals surface area contributed by atoms with Gasteiger partial charge < -0.3 is 5.32 Å². The van der Waals surface area contributed by atoms with E-state index in [2.05, 4.69) is 15.6 Å². The largest absolute Gasteiger partial charge is 0.334 e. The van der Waals surface area contributed by atoms with Crippen LogP contribution in [0.5, 0.6) is 0 Å². The van der Waals surface area contributed by atoms with Crippen molar-refractivity contribution in [3.8, 4) is 0 Å². The van der Waals surface area contributed by atoms with Crippen molar-refractivity contribution in [2.75, 3.05) is 11.1 Å². The Kier molecular flexibility index (Phi) is 7.91. The molecule has 2 amide bonds. The maximum absolute atomic E-state index is 12.1. The second-order valence-electron chi connectivity index (χ2n) is 6.47. The molecule has 0 radical (unpaired) electrons. The Hall–Kier alpha value is -1.35. The van der Waals surface area contributed by atoms with Gasteiger partial charge in [0, 0.05) is 11.9 Å². The fraction of sp³-hybridized carbons (Fsp3) is 0.412. The summed E-state index contributed by atoms with van der Waals surface area (Å²) < 4.78 is 24.2. The molecule has 0 saturated carbocycles. The van der Waals surface area contributed by atoms with Crippen LogP contribution < -0.4 is 10.6 Å². The van der Waals surface area contributed by atoms with Crippen LogP contribution >= 0.6 is 34.5 Å². The monoisotopic (exact) mass is 449 g/mol. The van der Waals surface area contributed by atoms with Crippen molar-refractivity contribution < 1.29 is 13.2 Å². The summed E-state index contributed by atoms with van der Waals surface area (Å²) >= 11 is 13.0. The summed E-state index contributed by atoms with van der Waals surface area (Å²) in [7, 11) is -3.21. The lowest BCUT2D eigenvalue weighted by Crippen LogP contribution is -2.28. The first-order valence-corrected chi connectivity index (χ1v) is 11.7. The van der Waals surface area contributed by atoms with E-state index in [9.17, 15) is 13.2 Å². The molecule has 0 aliphatic heterocycles. The zero-order chi connectivity index (χ0) is 20.0. The van der Waals surface area contributed by atoms with Gasteiger partial charge in [-0.3, -0.25) is 5.32 Å². The van der Waals surface area contributed by atoms with Crippen molar-refractivity contribution in [3.05, 3.63) is 44.9 Å². The maximum Gasteiger partial charge on any atom is 0.321 e. The minimum atomic E-state index is -3.21. The third-order valence-corrected chi connectivity index (χ3v) is 6.72. The molecule has 1 heterocycles. The molecule has 10 heteroatoms. The number of amides is 2. The SMILES string of the molecule is CC(C)CCS(=O)(=O)Cc1csc(NC(=O)NCc2ccc(Cl)c(Cl)c2)n1. The molecular weight excluding hydrogens is 429 g/mol. The number of carbonyl (C=O) groups is 1. The number of thiazole rings is 1. The van der Waals surface area contributed by atoms with Gasteiger partial charge in [0.05, 0.1) is 27.2 Å². The Morgan fingerprint density at radius 1 is 1.26 bits per heavy atom. The molecule has 2 rings (SSSR count). The number of halogens is 2. The molecule has 27 heavy (non-hydrogen) atoms. The van der Waals surface area contributed by atoms with Gasteiger partial charge >= 0.3 is 6.03 Å². The molecule has 2 N–H and O–H groups in total. The van der Waals surface area contributed by atoms with Crippen molar-refractivity contribution in [2.24, 2.45) is 5.92 Å². The molecule has 0 aliphatic carbocycles. The van der Waals surface area contributed by atoms with Gasteiger partial charge in [0.2, 0.25) is 0 Å². The molecule has 0 spiro atoms. The van der Waals surface area contributed by atoms with Crippen LogP contribution in [0.2, 0.25) is 10.0 Å². The fourth-order valence-corrected chi connectivity index (χ4v) is 4.82. The fourth-order valence-electron chi connectivity index (χ4n) is 2.12. The molecule has 6 nitrogen and oxygen atoms in total. The molecule has 2 aromatic rings. The van der Waals surface area contributed by atoms with Gasteiger partial charge in [-0.2, -0.15) is 0 Å². The van der Waals surface area contributed by atoms with Gasteiger partial charge in [-0.15, -0.1) is 11.3 Å². The smallest absolute Gasteiger partial charge is 0.321 e. The van der Waals surface area contributed by atoms with Gasteiger partial charge in [-0.1, -0.05) is 43.1 Å². The van der Waals surface area contributed by atoms with E-state index in [4.69, 9.17) is 23.2 Å². The van der Waals surface area contributed by atoms with Crippen molar-refractivity contribution in [3.63, 3.8) is 0 Å². The lowest BCUT2D eigenvalue weighted by Gasteiger charge is -2.06. The van der Waals surface area contributed by atoms with Gasteiger partial charge in [-0.05, 0) is 30.0 Å². The zero-order valence-electron chi connectivity index (χ0n) is 15.0. The minimum Gasteiger partial charge on any atom is -0.334 e. The highest BCUT2D eigenvalue weighted by Gasteiger charge is 2.16. The van der Waals surface area contributed by atoms with Crippen molar-refractivity contribution in [1.82, 2.24) is 10.3 Å². The number of nitrogens with one attached hydrogen (secondary N) is 2. The van der Waals surface area contributed by atoms with Crippen LogP contribution in [-0.2, 0) is 22.1 Å². The van der Waals surface area contributed by atoms with Gasteiger partial charge in [0.25, 0.3) is 0 Å². The van der Waals surface area contributed by atoms with E-state index in [1.807, 2.05) is 13.8 Å². The lowest BCUT2D eigenvalue weighted by atomic mass is 10.2. The topological polar surface area (TPSA) is 88.2 Å². The van der Waals surface area contributed by atoms with Crippen LogP contribution in [0.1, 0.15) is 31.5 Å². The number of carbonyl (C=O) groups excluding carboxylic acids is 1. The summed E-state index contributed by atoms with van der Waals surface area (Å²) in [4.78, 5) is 16.1. The Morgan fingerprint density at radius 3 is 2.67 bits per heavy atom. The molecule has 0 atom stereocenters. The zero-order valence-corrected chi connectivity index (χ0v) is 18.1. The molecule has 1 aromatic heterocycles. The summed E-state index contributed by atoms with van der Waals surface area (Å²) in [5, 5.41) is 8.13. The maximum atomic E-state index is 12.1. The quantitative estimate of drug-likeness (QED) is 0.609. The second kappa shape index (κ2) is 9.73. The number of aromatic nitrogens is 1. The lowest BCUT2D eigenvalue weighted by molar-refractivity contribution is 0.251. The molecule has 148 valence electrons. The van der Waals surface area contributed by atoms with E-state index in [0.29, 0.717) is 33.2 Å². The van der Waals surface area contributed by atoms with E-state index in [1.54, 1.807) is 23.6 Å². The van der Waals surface area contributed by atoms with Crippen LogP contribution in [-0.4, -0.2) is 25.2 Å². The third-order valence-electron chi connectivity index (χ3n) is 3.58. The predicted molar refractivity (Wildman–Crippen MR) is 111 cm³/mol. The highest BCUT2D eigenvalue weighted by molar-refractivity contribution is 7.90. The van der Waals surface area contributed by atoms with Crippen LogP contribution in [0.15, 0.2) is 23.6 Å². The van der Waals surface area contributed by atoms with E-state index in [0.717, 1.165) is 5.56 Å². The van der Waals surface area contributed by atoms with Crippen LogP contribution in [0.25, 0.3) is 0 Å². The Bertz CT molecular complexity index is 899. The van der Waals surface area contributed by atoms with Gasteiger partial charge in [0.15, 0.2) is 15.0 Å². The number of anilines is 1. The van der Waals surface area contributed by atoms with Crippen molar-refractivity contribution >= 4 is 55.5 Å². The normalized spacial score (nSPS) is 11.6. The van der Waals surface area contributed by atoms with Crippen LogP contribution in [0, 0.1) is 5.92 Å². The summed E-state index contributed by atoms with van der Waals surface area (Å²) in [5.74, 6) is 0.337. The molecule has 0 fully saturated rings. The molecule has 0 saturated heterocycles. The summed E-state index contributed by atoms with van der Waals surface area (Å²) in [6.45, 7) is 4.23. The number of rotatable bonds is 8. The highest BCUT2D eigenvalue weighted by Crippen LogP contribution is 2.22. The Morgan fingerprint density at radius 2 is 2.00 bits per heavy atom. The first kappa shape index (κ1) is 21.9. The standard InChI is InChI=1S/C17H21Cl2N3O3S2/c1-11(2)5-6-27(24,25)10-13-9-26-17(21-13)22-16(23)20-8-12-3-4-14(18)15(19)7-12/h3-4,7,9,11H,5-6,8,10H2,1-2H3,(H2,20,21,22,23). The average molecular weight is 450 g/mol. The first-order valence-electron chi connectivity index (χ1n) is 8.28. The highest BCUT2D eigenvalue weighted by atomic mass is 35.5. The third kappa shape index (κ3) is 7.65. The van der Waals surface area contributed by atoms with Crippen molar-refractivity contribution in [1.29, 1.82) is 0 Å². The summed E-state index contributed by atoms with van der Waals surface area (Å²) in [5.41, 5.74) is 1.24. The van der Waals surface area contributed by atoms with Gasteiger partial charge in [0.1, 0.15) is 0 Å². The van der Waals surface area contributed by atoms with E-state index in [-0.39, 0.29) is 18.1 Å². The Balaban J connectivity index is 1.85. The number of hydrogen-bond acceptors (Lipinski definition) is 5. The summed E-state index contributed by atoms with van der Waals surface area (Å²) in [6.07, 6.45) is 0.620. The predicted octanol–water partition coefficient (Wildman–Crippen LogP) is 4.73. The molecular formula is C17H21Cl2N3O3S2. The minimum absolute atomic E-state index is 0.122. The van der Waals surface area contributed by atoms with E-state index in [1.165, 1.54) is 11.3 Å². The second-order valence-corrected chi connectivity index (χ2v) is 10.3. The van der Waals surface area contributed by atoms with E-state index < -0.39 is 15.9 Å². The first-order chi connectivity index (χ1) is 12.6. The molecule has 0 bridgehead atoms. The number of benzene rings is 1. The van der Waals surface area contributed by atoms with E-state index >= 15 is 0 Å². The molecule has 0 unspecified atom stereocenters. The summed E-state index contributed by atoms with van der Waals surface area (Å²) in [6, 6.07) is 4.65. The number of hydrogen-bond donors (Lipinski definition) is 2. The van der Waals surface area contributed by atoms with Crippen LogP contribution in [0.4, 0.5) is 9.93 Å².